The molecule has 0 saturated heterocycles. The fraction of sp³-hybridized carbons (Fsp3) is 0.240. The standard InChI is InChI=1S/C25H25NO2/c1-16-5-7-18(8-6-16)23-14-24-22-10-9-20(28-4)13-19(22)15-26(3)25(24)17(2)21(23)11-12-27/h5-10,12-14H,11,15H2,1-4H3. The number of ether oxygens (including phenoxy) is 1. The van der Waals surface area contributed by atoms with Crippen molar-refractivity contribution in [1.29, 1.82) is 0 Å². The number of carbonyl (C=O) groups is 1. The maximum atomic E-state index is 11.5. The molecule has 1 heterocycles. The van der Waals surface area contributed by atoms with Crippen molar-refractivity contribution in [3.05, 3.63) is 70.8 Å². The number of carbonyl (C=O) groups excluding carboxylic acids is 1. The van der Waals surface area contributed by atoms with Gasteiger partial charge in [0.25, 0.3) is 0 Å². The van der Waals surface area contributed by atoms with Crippen molar-refractivity contribution in [3.8, 4) is 28.0 Å². The first kappa shape index (κ1) is 18.3. The van der Waals surface area contributed by atoms with Crippen molar-refractivity contribution in [2.75, 3.05) is 19.1 Å². The van der Waals surface area contributed by atoms with Crippen LogP contribution in [0.25, 0.3) is 22.3 Å². The molecule has 3 aromatic rings. The summed E-state index contributed by atoms with van der Waals surface area (Å²) in [6.07, 6.45) is 1.43. The third-order valence-corrected chi connectivity index (χ3v) is 5.72. The molecule has 1 aliphatic heterocycles. The summed E-state index contributed by atoms with van der Waals surface area (Å²) in [5.41, 5.74) is 10.7. The SMILES string of the molecule is COc1ccc2c(c1)CN(C)c1c-2cc(-c2ccc(C)cc2)c(CC=O)c1C. The van der Waals surface area contributed by atoms with E-state index >= 15 is 0 Å². The molecule has 3 aromatic carbocycles. The quantitative estimate of drug-likeness (QED) is 0.580. The third-order valence-electron chi connectivity index (χ3n) is 5.72. The Kier molecular flexibility index (Phi) is 4.68. The number of hydrogen-bond acceptors (Lipinski definition) is 3. The highest BCUT2D eigenvalue weighted by Gasteiger charge is 2.25. The number of aryl methyl sites for hydroxylation is 1. The van der Waals surface area contributed by atoms with Crippen molar-refractivity contribution < 1.29 is 9.53 Å². The van der Waals surface area contributed by atoms with E-state index in [0.717, 1.165) is 35.3 Å². The van der Waals surface area contributed by atoms with E-state index in [1.54, 1.807) is 7.11 Å². The van der Waals surface area contributed by atoms with Crippen LogP contribution in [0, 0.1) is 13.8 Å². The first-order chi connectivity index (χ1) is 13.5. The van der Waals surface area contributed by atoms with Gasteiger partial charge >= 0.3 is 0 Å². The predicted molar refractivity (Wildman–Crippen MR) is 115 cm³/mol. The first-order valence-corrected chi connectivity index (χ1v) is 9.59. The van der Waals surface area contributed by atoms with Crippen LogP contribution < -0.4 is 9.64 Å². The van der Waals surface area contributed by atoms with Gasteiger partial charge in [0, 0.05) is 31.3 Å². The summed E-state index contributed by atoms with van der Waals surface area (Å²) >= 11 is 0. The molecule has 3 nitrogen and oxygen atoms in total. The number of benzene rings is 3. The average molecular weight is 371 g/mol. The second kappa shape index (κ2) is 7.16. The molecule has 1 aliphatic rings. The molecule has 142 valence electrons. The molecule has 0 fully saturated rings. The largest absolute Gasteiger partial charge is 0.497 e. The summed E-state index contributed by atoms with van der Waals surface area (Å²) < 4.78 is 5.43. The molecule has 4 rings (SSSR count). The van der Waals surface area contributed by atoms with Crippen molar-refractivity contribution in [2.24, 2.45) is 0 Å². The maximum Gasteiger partial charge on any atom is 0.124 e. The van der Waals surface area contributed by atoms with Gasteiger partial charge in [-0.1, -0.05) is 35.9 Å². The Labute approximate surface area is 166 Å². The molecule has 3 heteroatoms. The van der Waals surface area contributed by atoms with Gasteiger partial charge in [-0.05, 0) is 65.4 Å². The summed E-state index contributed by atoms with van der Waals surface area (Å²) in [6.45, 7) is 5.05. The van der Waals surface area contributed by atoms with E-state index in [0.29, 0.717) is 6.42 Å². The first-order valence-electron chi connectivity index (χ1n) is 9.59. The zero-order valence-corrected chi connectivity index (χ0v) is 16.9. The molecule has 0 bridgehead atoms. The van der Waals surface area contributed by atoms with Gasteiger partial charge in [-0.2, -0.15) is 0 Å². The Morgan fingerprint density at radius 2 is 1.75 bits per heavy atom. The van der Waals surface area contributed by atoms with E-state index in [1.807, 2.05) is 6.07 Å². The fourth-order valence-electron chi connectivity index (χ4n) is 4.31. The van der Waals surface area contributed by atoms with Gasteiger partial charge in [0.05, 0.1) is 7.11 Å². The number of hydrogen-bond donors (Lipinski definition) is 0. The number of fused-ring (bicyclic) bond motifs is 3. The molecular formula is C25H25NO2. The molecule has 0 aromatic heterocycles. The maximum absolute atomic E-state index is 11.5. The van der Waals surface area contributed by atoms with Gasteiger partial charge in [0.1, 0.15) is 12.0 Å². The van der Waals surface area contributed by atoms with E-state index < -0.39 is 0 Å². The van der Waals surface area contributed by atoms with Crippen LogP contribution >= 0.6 is 0 Å². The minimum atomic E-state index is 0.422. The lowest BCUT2D eigenvalue weighted by Gasteiger charge is -2.33. The zero-order valence-electron chi connectivity index (χ0n) is 16.9. The van der Waals surface area contributed by atoms with Gasteiger partial charge < -0.3 is 14.4 Å². The van der Waals surface area contributed by atoms with E-state index in [4.69, 9.17) is 4.74 Å². The summed E-state index contributed by atoms with van der Waals surface area (Å²) in [7, 11) is 3.82. The average Bonchev–Trinajstić information content (AvgIpc) is 2.69. The van der Waals surface area contributed by atoms with Gasteiger partial charge in [-0.3, -0.25) is 0 Å². The van der Waals surface area contributed by atoms with Crippen LogP contribution in [0.2, 0.25) is 0 Å². The number of anilines is 1. The molecule has 0 amide bonds. The topological polar surface area (TPSA) is 29.5 Å². The molecular weight excluding hydrogens is 346 g/mol. The predicted octanol–water partition coefficient (Wildman–Crippen LogP) is 5.34. The van der Waals surface area contributed by atoms with Crippen LogP contribution in [-0.4, -0.2) is 20.4 Å². The van der Waals surface area contributed by atoms with Gasteiger partial charge in [0.2, 0.25) is 0 Å². The Hall–Kier alpha value is -3.07. The summed E-state index contributed by atoms with van der Waals surface area (Å²) in [6, 6.07) is 17.1. The lowest BCUT2D eigenvalue weighted by molar-refractivity contribution is -0.107. The molecule has 28 heavy (non-hydrogen) atoms. The molecule has 0 atom stereocenters. The monoisotopic (exact) mass is 371 g/mol. The van der Waals surface area contributed by atoms with Crippen LogP contribution in [0.15, 0.2) is 48.5 Å². The smallest absolute Gasteiger partial charge is 0.124 e. The fourth-order valence-corrected chi connectivity index (χ4v) is 4.31. The molecule has 0 spiro atoms. The molecule has 0 N–H and O–H groups in total. The highest BCUT2D eigenvalue weighted by molar-refractivity contribution is 5.92. The van der Waals surface area contributed by atoms with Gasteiger partial charge in [0.15, 0.2) is 0 Å². The zero-order chi connectivity index (χ0) is 19.8. The Bertz CT molecular complexity index is 1050. The van der Waals surface area contributed by atoms with Crippen LogP contribution in [-0.2, 0) is 17.8 Å². The van der Waals surface area contributed by atoms with Crippen molar-refractivity contribution in [1.82, 2.24) is 0 Å². The van der Waals surface area contributed by atoms with Crippen molar-refractivity contribution >= 4 is 12.0 Å². The van der Waals surface area contributed by atoms with Crippen LogP contribution in [0.5, 0.6) is 5.75 Å². The highest BCUT2D eigenvalue weighted by atomic mass is 16.5. The lowest BCUT2D eigenvalue weighted by atomic mass is 9.84. The highest BCUT2D eigenvalue weighted by Crippen LogP contribution is 2.45. The Morgan fingerprint density at radius 1 is 1.00 bits per heavy atom. The van der Waals surface area contributed by atoms with E-state index in [-0.39, 0.29) is 0 Å². The van der Waals surface area contributed by atoms with E-state index in [9.17, 15) is 4.79 Å². The van der Waals surface area contributed by atoms with E-state index in [2.05, 4.69) is 68.3 Å². The summed E-state index contributed by atoms with van der Waals surface area (Å²) in [5.74, 6) is 0.878. The molecule has 0 aliphatic carbocycles. The number of nitrogens with zero attached hydrogens (tertiary/aromatic N) is 1. The Balaban J connectivity index is 2.00. The van der Waals surface area contributed by atoms with Crippen molar-refractivity contribution in [3.63, 3.8) is 0 Å². The van der Waals surface area contributed by atoms with E-state index in [1.165, 1.54) is 33.5 Å². The van der Waals surface area contributed by atoms with Crippen LogP contribution in [0.3, 0.4) is 0 Å². The normalized spacial score (nSPS) is 12.4. The molecule has 0 unspecified atom stereocenters. The lowest BCUT2D eigenvalue weighted by Crippen LogP contribution is -2.23. The van der Waals surface area contributed by atoms with Gasteiger partial charge in [-0.25, -0.2) is 0 Å². The van der Waals surface area contributed by atoms with Crippen molar-refractivity contribution in [2.45, 2.75) is 26.8 Å². The minimum Gasteiger partial charge on any atom is -0.497 e. The summed E-state index contributed by atoms with van der Waals surface area (Å²) in [5, 5.41) is 0. The number of aldehydes is 1. The number of rotatable bonds is 4. The van der Waals surface area contributed by atoms with Gasteiger partial charge in [-0.15, -0.1) is 0 Å². The van der Waals surface area contributed by atoms with Crippen LogP contribution in [0.4, 0.5) is 5.69 Å². The second-order valence-electron chi connectivity index (χ2n) is 7.54. The Morgan fingerprint density at radius 3 is 2.43 bits per heavy atom. The minimum absolute atomic E-state index is 0.422. The molecule has 0 saturated carbocycles. The molecule has 0 radical (unpaired) electrons. The van der Waals surface area contributed by atoms with Crippen LogP contribution in [0.1, 0.15) is 22.3 Å². The number of methoxy groups -OCH3 is 1. The second-order valence-corrected chi connectivity index (χ2v) is 7.54. The summed E-state index contributed by atoms with van der Waals surface area (Å²) in [4.78, 5) is 13.7. The third kappa shape index (κ3) is 2.97.